The molecule has 3 N–H and O–H groups in total. The van der Waals surface area contributed by atoms with Crippen LogP contribution >= 0.6 is 0 Å². The third kappa shape index (κ3) is 3.42. The molecule has 1 amide bonds. The molecule has 3 aliphatic rings. The van der Waals surface area contributed by atoms with Gasteiger partial charge in [0.15, 0.2) is 0 Å². The van der Waals surface area contributed by atoms with Gasteiger partial charge in [-0.2, -0.15) is 0 Å². The summed E-state index contributed by atoms with van der Waals surface area (Å²) in [6, 6.07) is 10.6. The molecule has 5 heterocycles. The normalized spacial score (nSPS) is 20.3. The van der Waals surface area contributed by atoms with Crippen LogP contribution in [-0.4, -0.2) is 46.7 Å². The van der Waals surface area contributed by atoms with Crippen LogP contribution in [0.2, 0.25) is 0 Å². The molecule has 4 aromatic rings. The maximum absolute atomic E-state index is 14.4. The number of amides is 1. The second-order valence-corrected chi connectivity index (χ2v) is 9.71. The van der Waals surface area contributed by atoms with Gasteiger partial charge in [0.1, 0.15) is 11.3 Å². The van der Waals surface area contributed by atoms with E-state index in [4.69, 9.17) is 14.5 Å². The smallest absolute Gasteiger partial charge is 0.255 e. The van der Waals surface area contributed by atoms with Crippen LogP contribution in [0.4, 0.5) is 15.8 Å². The van der Waals surface area contributed by atoms with Gasteiger partial charge in [-0.3, -0.25) is 9.78 Å². The van der Waals surface area contributed by atoms with Crippen molar-refractivity contribution in [1.82, 2.24) is 20.3 Å². The van der Waals surface area contributed by atoms with Crippen LogP contribution in [0.15, 0.2) is 42.6 Å². The quantitative estimate of drug-likeness (QED) is 0.373. The molecule has 1 aliphatic carbocycles. The lowest BCUT2D eigenvalue weighted by molar-refractivity contribution is -0.0513. The Bertz CT molecular complexity index is 1530. The van der Waals surface area contributed by atoms with Crippen molar-refractivity contribution in [3.63, 3.8) is 0 Å². The molecule has 7 rings (SSSR count). The Morgan fingerprint density at radius 3 is 2.94 bits per heavy atom. The van der Waals surface area contributed by atoms with Gasteiger partial charge in [0.05, 0.1) is 42.3 Å². The molecule has 1 aromatic carbocycles. The van der Waals surface area contributed by atoms with Crippen molar-refractivity contribution < 1.29 is 18.7 Å². The highest BCUT2D eigenvalue weighted by atomic mass is 19.1. The highest BCUT2D eigenvalue weighted by Crippen LogP contribution is 2.50. The average Bonchev–Trinajstić information content (AvgIpc) is 3.52. The van der Waals surface area contributed by atoms with E-state index in [1.807, 2.05) is 18.2 Å². The fourth-order valence-electron chi connectivity index (χ4n) is 5.03. The first kappa shape index (κ1) is 21.3. The van der Waals surface area contributed by atoms with E-state index in [9.17, 15) is 9.18 Å². The van der Waals surface area contributed by atoms with Crippen LogP contribution in [0.25, 0.3) is 22.3 Å². The lowest BCUT2D eigenvalue weighted by atomic mass is 10.0. The number of nitrogens with zero attached hydrogens (tertiary/aromatic N) is 2. The van der Waals surface area contributed by atoms with Crippen LogP contribution in [0, 0.1) is 18.7 Å². The zero-order valence-corrected chi connectivity index (χ0v) is 19.6. The molecule has 0 unspecified atom stereocenters. The fourth-order valence-corrected chi connectivity index (χ4v) is 5.03. The second-order valence-electron chi connectivity index (χ2n) is 9.71. The zero-order valence-electron chi connectivity index (χ0n) is 19.6. The van der Waals surface area contributed by atoms with Gasteiger partial charge in [-0.05, 0) is 37.6 Å². The third-order valence-electron chi connectivity index (χ3n) is 7.26. The van der Waals surface area contributed by atoms with Crippen molar-refractivity contribution in [3.05, 3.63) is 65.2 Å². The lowest BCUT2D eigenvalue weighted by Gasteiger charge is -2.25. The minimum atomic E-state index is -0.313. The van der Waals surface area contributed by atoms with E-state index in [-0.39, 0.29) is 23.7 Å². The van der Waals surface area contributed by atoms with Gasteiger partial charge >= 0.3 is 0 Å². The summed E-state index contributed by atoms with van der Waals surface area (Å²) in [6.45, 7) is 3.66. The number of rotatable bonds is 6. The summed E-state index contributed by atoms with van der Waals surface area (Å²) in [7, 11) is 0. The molecule has 0 spiro atoms. The minimum absolute atomic E-state index is 0.138. The van der Waals surface area contributed by atoms with E-state index >= 15 is 0 Å². The van der Waals surface area contributed by atoms with Gasteiger partial charge in [-0.1, -0.05) is 6.07 Å². The number of hydrogen-bond donors (Lipinski definition) is 3. The maximum atomic E-state index is 14.4. The summed E-state index contributed by atoms with van der Waals surface area (Å²) in [5.74, 6) is 0.676. The summed E-state index contributed by atoms with van der Waals surface area (Å²) in [5.41, 5.74) is 6.02. The molecule has 2 aliphatic heterocycles. The molecule has 2 atom stereocenters. The molecule has 1 saturated carbocycles. The van der Waals surface area contributed by atoms with Crippen LogP contribution in [0.5, 0.6) is 5.88 Å². The Kier molecular flexibility index (Phi) is 4.75. The topological polar surface area (TPSA) is 101 Å². The number of fused-ring (bicyclic) bond motifs is 4. The Labute approximate surface area is 206 Å². The zero-order chi connectivity index (χ0) is 24.4. The number of H-pyrrole nitrogens is 1. The van der Waals surface area contributed by atoms with Crippen molar-refractivity contribution in [2.24, 2.45) is 5.92 Å². The van der Waals surface area contributed by atoms with E-state index < -0.39 is 0 Å². The first-order chi connectivity index (χ1) is 17.6. The number of benzene rings is 1. The summed E-state index contributed by atoms with van der Waals surface area (Å²) in [6.07, 6.45) is 2.62. The number of hydrogen-bond acceptors (Lipinski definition) is 6. The van der Waals surface area contributed by atoms with Crippen molar-refractivity contribution in [1.29, 1.82) is 0 Å². The van der Waals surface area contributed by atoms with Crippen molar-refractivity contribution >= 4 is 28.3 Å². The van der Waals surface area contributed by atoms with Gasteiger partial charge in [0, 0.05) is 52.6 Å². The number of aromatic amines is 1. The fraction of sp³-hybridized carbons (Fsp3) is 0.296. The summed E-state index contributed by atoms with van der Waals surface area (Å²) >= 11 is 0. The molecular weight excluding hydrogens is 461 g/mol. The number of aromatic nitrogens is 3. The Balaban J connectivity index is 1.37. The lowest BCUT2D eigenvalue weighted by Crippen LogP contribution is -2.32. The highest BCUT2D eigenvalue weighted by Gasteiger charge is 2.48. The first-order valence-corrected chi connectivity index (χ1v) is 12.1. The van der Waals surface area contributed by atoms with Gasteiger partial charge in [-0.25, -0.2) is 9.37 Å². The van der Waals surface area contributed by atoms with E-state index in [1.165, 1.54) is 6.07 Å². The van der Waals surface area contributed by atoms with Gasteiger partial charge in [0.2, 0.25) is 5.88 Å². The summed E-state index contributed by atoms with van der Waals surface area (Å²) < 4.78 is 25.5. The number of anilines is 2. The van der Waals surface area contributed by atoms with Crippen LogP contribution in [0.3, 0.4) is 0 Å². The molecule has 9 heteroatoms. The van der Waals surface area contributed by atoms with E-state index in [2.05, 4.69) is 20.6 Å². The highest BCUT2D eigenvalue weighted by molar-refractivity contribution is 6.09. The van der Waals surface area contributed by atoms with E-state index in [1.54, 1.807) is 25.3 Å². The summed E-state index contributed by atoms with van der Waals surface area (Å²) in [5, 5.41) is 6.45. The molecule has 8 nitrogen and oxygen atoms in total. The van der Waals surface area contributed by atoms with Gasteiger partial charge in [-0.15, -0.1) is 0 Å². The van der Waals surface area contributed by atoms with Crippen LogP contribution in [-0.2, 0) is 4.74 Å². The summed E-state index contributed by atoms with van der Waals surface area (Å²) in [4.78, 5) is 25.9. The van der Waals surface area contributed by atoms with Crippen LogP contribution in [0.1, 0.15) is 34.0 Å². The number of carbonyl (C=O) groups is 1. The molecule has 182 valence electrons. The number of carbonyl (C=O) groups excluding carboxylic acids is 1. The Morgan fingerprint density at radius 1 is 1.22 bits per heavy atom. The van der Waals surface area contributed by atoms with Gasteiger partial charge in [0.25, 0.3) is 5.91 Å². The Morgan fingerprint density at radius 2 is 2.11 bits per heavy atom. The molecule has 2 fully saturated rings. The average molecular weight is 486 g/mol. The molecule has 3 aromatic heterocycles. The number of ether oxygens (including phenoxy) is 2. The van der Waals surface area contributed by atoms with Gasteiger partial charge < -0.3 is 25.1 Å². The predicted molar refractivity (Wildman–Crippen MR) is 132 cm³/mol. The second kappa shape index (κ2) is 8.03. The van der Waals surface area contributed by atoms with Crippen LogP contribution < -0.4 is 15.4 Å². The number of halogens is 1. The van der Waals surface area contributed by atoms with Crippen molar-refractivity contribution in [2.75, 3.05) is 25.1 Å². The predicted octanol–water partition coefficient (Wildman–Crippen LogP) is 4.44. The van der Waals surface area contributed by atoms with E-state index in [0.29, 0.717) is 65.2 Å². The van der Waals surface area contributed by atoms with Crippen molar-refractivity contribution in [2.45, 2.75) is 25.3 Å². The number of pyridine rings is 2. The Hall–Kier alpha value is -3.98. The maximum Gasteiger partial charge on any atom is 0.255 e. The van der Waals surface area contributed by atoms with Crippen molar-refractivity contribution in [3.8, 4) is 17.1 Å². The standard InChI is InChI=1S/C27H24FN5O3/c1-13-17(28)3-2-4-18(13)30-26-22-24(16-9-20(16)31-27(22)34)33-25(26)15-7-8-29-19-5-6-21(32-23(15)19)36-12-14-10-35-11-14/h2-8,14,16,20,30,33H,9-12H2,1H3,(H,31,34)/t16-,20+/m0/s1. The number of nitrogens with one attached hydrogen (secondary N) is 3. The molecule has 0 radical (unpaired) electrons. The third-order valence-corrected chi connectivity index (χ3v) is 7.26. The molecular formula is C27H24FN5O3. The largest absolute Gasteiger partial charge is 0.477 e. The molecule has 36 heavy (non-hydrogen) atoms. The monoisotopic (exact) mass is 485 g/mol. The molecule has 0 bridgehead atoms. The minimum Gasteiger partial charge on any atom is -0.477 e. The SMILES string of the molecule is Cc1c(F)cccc1Nc1c(-c2ccnc3ccc(OCC4COC4)nc23)[nH]c2c1C(=O)N[C@@H]1C[C@H]21. The first-order valence-electron chi connectivity index (χ1n) is 12.1. The molecule has 1 saturated heterocycles. The van der Waals surface area contributed by atoms with E-state index in [0.717, 1.165) is 23.4 Å².